The second-order valence-corrected chi connectivity index (χ2v) is 28.6. The first-order chi connectivity index (χ1) is 54.7. The molecule has 0 radical (unpaired) electrons. The van der Waals surface area contributed by atoms with E-state index in [2.05, 4.69) is 426 Å². The van der Waals surface area contributed by atoms with Gasteiger partial charge in [0.1, 0.15) is 0 Å². The first-order valence-corrected chi connectivity index (χ1v) is 37.7. The molecule has 6 nitrogen and oxygen atoms in total. The van der Waals surface area contributed by atoms with Crippen molar-refractivity contribution in [3.63, 3.8) is 0 Å². The van der Waals surface area contributed by atoms with E-state index in [-0.39, 0.29) is 0 Å². The number of hydrogen-bond acceptors (Lipinski definition) is 6. The molecule has 2 aromatic heterocycles. The molecular weight excluding hydrogens is 1350 g/mol. The molecule has 0 saturated heterocycles. The lowest BCUT2D eigenvalue weighted by Crippen LogP contribution is -2.21. The highest BCUT2D eigenvalue weighted by Gasteiger charge is 2.30. The number of hydrogen-bond donors (Lipinski definition) is 0. The van der Waals surface area contributed by atoms with E-state index in [9.17, 15) is 0 Å². The Balaban J connectivity index is 0.758. The fourth-order valence-corrected chi connectivity index (χ4v) is 15.3. The molecule has 524 valence electrons. The molecule has 18 rings (SSSR count). The van der Waals surface area contributed by atoms with Crippen LogP contribution in [0, 0.1) is 0 Å². The lowest BCUT2D eigenvalue weighted by Gasteiger charge is -2.31. The fourth-order valence-electron chi connectivity index (χ4n) is 15.3. The number of rotatable bonds is 18. The molecule has 0 N–H and O–H groups in total. The Morgan fingerprint density at radius 1 is 0.135 bits per heavy atom. The summed E-state index contributed by atoms with van der Waals surface area (Å²) in [5.74, 6) is 3.39. The van der Waals surface area contributed by atoms with Crippen LogP contribution in [0.4, 0.5) is 0 Å². The topological polar surface area (TPSA) is 77.3 Å². The van der Waals surface area contributed by atoms with Crippen LogP contribution in [0.3, 0.4) is 0 Å². The maximum absolute atomic E-state index is 5.52. The van der Waals surface area contributed by atoms with E-state index in [1.807, 2.05) is 0 Å². The van der Waals surface area contributed by atoms with Crippen molar-refractivity contribution in [3.8, 4) is 180 Å². The van der Waals surface area contributed by atoms with Gasteiger partial charge in [0.15, 0.2) is 34.9 Å². The van der Waals surface area contributed by atoms with Gasteiger partial charge in [0.2, 0.25) is 0 Å². The smallest absolute Gasteiger partial charge is 0.164 e. The van der Waals surface area contributed by atoms with Crippen molar-refractivity contribution in [1.29, 1.82) is 0 Å². The van der Waals surface area contributed by atoms with Crippen molar-refractivity contribution in [3.05, 3.63) is 424 Å². The van der Waals surface area contributed by atoms with E-state index < -0.39 is 5.41 Å². The van der Waals surface area contributed by atoms with Gasteiger partial charge in [-0.05, 0) is 207 Å². The van der Waals surface area contributed by atoms with Crippen LogP contribution < -0.4 is 0 Å². The van der Waals surface area contributed by atoms with Crippen LogP contribution in [0.5, 0.6) is 0 Å². The molecule has 0 spiro atoms. The van der Waals surface area contributed by atoms with Gasteiger partial charge in [-0.3, -0.25) is 0 Å². The first kappa shape index (κ1) is 68.4. The normalized spacial score (nSPS) is 11.3. The summed E-state index contributed by atoms with van der Waals surface area (Å²) in [5.41, 5.74) is 28.5. The first-order valence-electron chi connectivity index (χ1n) is 37.7. The standard InChI is InChI=1S/C105H74N6/c1-105(2,97-55-29-27-53-95(97)79-49-31-51-81(57-79)99-106-101(91-63-83(71-33-11-3-12-34-71)59-84(64-91)72-35-13-4-14-36-72)110-102(107-99)92-65-85(73-37-15-5-16-38-73)60-86(66-92)74-39-17-6-18-40-74)98-56-30-28-54-96(98)80-50-32-52-82(58-80)100-108-103(93-67-87(75-41-19-7-20-42-75)61-88(68-93)76-43-21-8-22-44-76)111-104(109-100)94-69-89(77-45-23-9-24-46-77)62-90(70-94)78-47-25-10-26-48-78/h3-70H,1-2H3. The third kappa shape index (κ3) is 14.6. The second kappa shape index (κ2) is 30.4. The molecule has 0 amide bonds. The summed E-state index contributed by atoms with van der Waals surface area (Å²) in [6.45, 7) is 4.68. The van der Waals surface area contributed by atoms with E-state index in [0.717, 1.165) is 156 Å². The molecule has 0 aliphatic carbocycles. The van der Waals surface area contributed by atoms with Crippen LogP contribution in [0.2, 0.25) is 0 Å². The predicted molar refractivity (Wildman–Crippen MR) is 459 cm³/mol. The molecule has 18 aromatic rings. The van der Waals surface area contributed by atoms with Crippen molar-refractivity contribution < 1.29 is 0 Å². The molecule has 0 aliphatic heterocycles. The minimum absolute atomic E-state index is 0.554. The largest absolute Gasteiger partial charge is 0.208 e. The molecule has 16 aromatic carbocycles. The van der Waals surface area contributed by atoms with E-state index in [0.29, 0.717) is 34.9 Å². The SMILES string of the molecule is CC(C)(c1ccccc1-c1cccc(-c2nc(-c3cc(-c4ccccc4)cc(-c4ccccc4)c3)nc(-c3cc(-c4ccccc4)cc(-c4ccccc4)c3)n2)c1)c1ccccc1-c1cccc(-c2nc(-c3cc(-c4ccccc4)cc(-c4ccccc4)c3)nc(-c3cc(-c4ccccc4)cc(-c4ccccc4)c3)n2)c1. The van der Waals surface area contributed by atoms with Crippen LogP contribution >= 0.6 is 0 Å². The zero-order valence-electron chi connectivity index (χ0n) is 61.4. The fraction of sp³-hybridized carbons (Fsp3) is 0.0286. The van der Waals surface area contributed by atoms with Crippen LogP contribution in [0.25, 0.3) is 180 Å². The summed E-state index contributed by atoms with van der Waals surface area (Å²) in [4.78, 5) is 33.1. The third-order valence-electron chi connectivity index (χ3n) is 21.0. The minimum atomic E-state index is -0.554. The second-order valence-electron chi connectivity index (χ2n) is 28.6. The predicted octanol–water partition coefficient (Wildman–Crippen LogP) is 27.1. The Morgan fingerprint density at radius 3 is 0.505 bits per heavy atom. The van der Waals surface area contributed by atoms with E-state index in [1.54, 1.807) is 0 Å². The van der Waals surface area contributed by atoms with Gasteiger partial charge in [0.25, 0.3) is 0 Å². The average Bonchev–Trinajstić information content (AvgIpc) is 0.751. The van der Waals surface area contributed by atoms with E-state index in [4.69, 9.17) is 29.9 Å². The lowest BCUT2D eigenvalue weighted by molar-refractivity contribution is 0.644. The summed E-state index contributed by atoms with van der Waals surface area (Å²) < 4.78 is 0. The van der Waals surface area contributed by atoms with Crippen molar-refractivity contribution in [2.75, 3.05) is 0 Å². The molecule has 2 heterocycles. The number of nitrogens with zero attached hydrogens (tertiary/aromatic N) is 6. The maximum Gasteiger partial charge on any atom is 0.164 e. The van der Waals surface area contributed by atoms with Gasteiger partial charge in [-0.25, -0.2) is 29.9 Å². The molecule has 0 saturated carbocycles. The molecular formula is C105H74N6. The van der Waals surface area contributed by atoms with E-state index in [1.165, 1.54) is 0 Å². The van der Waals surface area contributed by atoms with Gasteiger partial charge < -0.3 is 0 Å². The minimum Gasteiger partial charge on any atom is -0.208 e. The maximum atomic E-state index is 5.52. The van der Waals surface area contributed by atoms with Gasteiger partial charge >= 0.3 is 0 Å². The molecule has 0 bridgehead atoms. The number of benzene rings is 16. The average molecular weight is 1420 g/mol. The monoisotopic (exact) mass is 1420 g/mol. The Morgan fingerprint density at radius 2 is 0.288 bits per heavy atom. The van der Waals surface area contributed by atoms with Crippen molar-refractivity contribution in [2.24, 2.45) is 0 Å². The molecule has 0 fully saturated rings. The molecule has 6 heteroatoms. The summed E-state index contributed by atoms with van der Waals surface area (Å²) in [7, 11) is 0. The van der Waals surface area contributed by atoms with Gasteiger partial charge in [-0.1, -0.05) is 341 Å². The van der Waals surface area contributed by atoms with Crippen molar-refractivity contribution in [1.82, 2.24) is 29.9 Å². The highest BCUT2D eigenvalue weighted by Crippen LogP contribution is 2.45. The van der Waals surface area contributed by atoms with Gasteiger partial charge in [0, 0.05) is 38.8 Å². The summed E-state index contributed by atoms with van der Waals surface area (Å²) >= 11 is 0. The summed E-state index contributed by atoms with van der Waals surface area (Å²) in [6.07, 6.45) is 0. The Labute approximate surface area is 648 Å². The summed E-state index contributed by atoms with van der Waals surface area (Å²) in [5, 5.41) is 0. The van der Waals surface area contributed by atoms with Crippen molar-refractivity contribution >= 4 is 0 Å². The number of aromatic nitrogens is 6. The zero-order chi connectivity index (χ0) is 74.5. The van der Waals surface area contributed by atoms with E-state index >= 15 is 0 Å². The third-order valence-corrected chi connectivity index (χ3v) is 21.0. The highest BCUT2D eigenvalue weighted by molar-refractivity contribution is 5.87. The van der Waals surface area contributed by atoms with Crippen LogP contribution in [-0.2, 0) is 5.41 Å². The molecule has 0 unspecified atom stereocenters. The zero-order valence-corrected chi connectivity index (χ0v) is 61.4. The van der Waals surface area contributed by atoms with Gasteiger partial charge in [-0.15, -0.1) is 0 Å². The molecule has 111 heavy (non-hydrogen) atoms. The van der Waals surface area contributed by atoms with Crippen LogP contribution in [-0.4, -0.2) is 29.9 Å². The van der Waals surface area contributed by atoms with Gasteiger partial charge in [-0.2, -0.15) is 0 Å². The van der Waals surface area contributed by atoms with Gasteiger partial charge in [0.05, 0.1) is 0 Å². The van der Waals surface area contributed by atoms with Crippen LogP contribution in [0.1, 0.15) is 25.0 Å². The Hall–Kier alpha value is -14.5. The highest BCUT2D eigenvalue weighted by atomic mass is 15.0. The quantitative estimate of drug-likeness (QED) is 0.0852. The Bertz CT molecular complexity index is 5460. The van der Waals surface area contributed by atoms with Crippen LogP contribution in [0.15, 0.2) is 413 Å². The lowest BCUT2D eigenvalue weighted by atomic mass is 9.72. The summed E-state index contributed by atoms with van der Waals surface area (Å²) in [6, 6.07) is 146. The van der Waals surface area contributed by atoms with Crippen molar-refractivity contribution in [2.45, 2.75) is 19.3 Å². The molecule has 0 atom stereocenters. The Kier molecular flexibility index (Phi) is 18.7. The molecule has 0 aliphatic rings.